The molecule has 7 heteroatoms. The maximum atomic E-state index is 13.0. The third kappa shape index (κ3) is 4.69. The minimum atomic E-state index is 0.0155. The molecule has 0 aliphatic carbocycles. The summed E-state index contributed by atoms with van der Waals surface area (Å²) in [7, 11) is 0. The van der Waals surface area contributed by atoms with Gasteiger partial charge in [-0.3, -0.25) is 9.59 Å². The molecule has 30 heavy (non-hydrogen) atoms. The molecular formula is C23H32ClN3O3. The first-order valence-electron chi connectivity index (χ1n) is 11.2. The van der Waals surface area contributed by atoms with Crippen molar-refractivity contribution in [3.8, 4) is 5.75 Å². The first-order valence-corrected chi connectivity index (χ1v) is 11.6. The first-order chi connectivity index (χ1) is 14.4. The minimum Gasteiger partial charge on any atom is -0.487 e. The Morgan fingerprint density at radius 1 is 1.07 bits per heavy atom. The average Bonchev–Trinajstić information content (AvgIpc) is 2.74. The highest BCUT2D eigenvalue weighted by molar-refractivity contribution is 6.31. The molecule has 3 aliphatic rings. The van der Waals surface area contributed by atoms with Crippen LogP contribution < -0.4 is 9.64 Å². The third-order valence-electron chi connectivity index (χ3n) is 6.56. The van der Waals surface area contributed by atoms with Crippen LogP contribution in [0.1, 0.15) is 39.5 Å². The zero-order chi connectivity index (χ0) is 21.3. The van der Waals surface area contributed by atoms with E-state index in [4.69, 9.17) is 16.3 Å². The number of ether oxygens (including phenoxy) is 1. The highest BCUT2D eigenvalue weighted by Crippen LogP contribution is 2.35. The molecule has 3 aliphatic heterocycles. The van der Waals surface area contributed by atoms with Crippen LogP contribution in [-0.4, -0.2) is 67.0 Å². The van der Waals surface area contributed by atoms with Crippen LogP contribution in [0, 0.1) is 11.8 Å². The molecule has 0 bridgehead atoms. The van der Waals surface area contributed by atoms with E-state index < -0.39 is 0 Å². The standard InChI is InChI=1S/C23H32ClN3O3/c1-16-4-3-9-26(13-16)23(29)18-7-10-25(11-8-18)22(28)15-27-14-17(2)30-21-6-5-19(24)12-20(21)27/h5-6,12,16-18H,3-4,7-11,13-15H2,1-2H3/t16-,17-/m0/s1. The molecular weight excluding hydrogens is 402 g/mol. The molecule has 2 amide bonds. The second-order valence-corrected chi connectivity index (χ2v) is 9.54. The highest BCUT2D eigenvalue weighted by atomic mass is 35.5. The summed E-state index contributed by atoms with van der Waals surface area (Å²) in [5.41, 5.74) is 0.873. The van der Waals surface area contributed by atoms with Crippen LogP contribution in [0.4, 0.5) is 5.69 Å². The predicted octanol–water partition coefficient (Wildman–Crippen LogP) is 3.42. The molecule has 2 saturated heterocycles. The van der Waals surface area contributed by atoms with Crippen LogP contribution in [0.25, 0.3) is 0 Å². The molecule has 2 atom stereocenters. The van der Waals surface area contributed by atoms with Gasteiger partial charge in [-0.1, -0.05) is 18.5 Å². The van der Waals surface area contributed by atoms with Gasteiger partial charge in [0.2, 0.25) is 11.8 Å². The lowest BCUT2D eigenvalue weighted by Gasteiger charge is -2.39. The summed E-state index contributed by atoms with van der Waals surface area (Å²) in [4.78, 5) is 31.9. The van der Waals surface area contributed by atoms with E-state index in [-0.39, 0.29) is 17.9 Å². The second-order valence-electron chi connectivity index (χ2n) is 9.11. The topological polar surface area (TPSA) is 53.1 Å². The summed E-state index contributed by atoms with van der Waals surface area (Å²) < 4.78 is 5.88. The Balaban J connectivity index is 1.33. The number of amides is 2. The largest absolute Gasteiger partial charge is 0.487 e. The molecule has 0 spiro atoms. The Hall–Kier alpha value is -1.95. The molecule has 1 aromatic carbocycles. The van der Waals surface area contributed by atoms with Gasteiger partial charge in [0.05, 0.1) is 18.8 Å². The van der Waals surface area contributed by atoms with E-state index in [0.29, 0.717) is 43.0 Å². The Morgan fingerprint density at radius 3 is 2.57 bits per heavy atom. The van der Waals surface area contributed by atoms with Crippen LogP contribution in [0.15, 0.2) is 18.2 Å². The number of fused-ring (bicyclic) bond motifs is 1. The van der Waals surface area contributed by atoms with Gasteiger partial charge in [-0.15, -0.1) is 0 Å². The number of carbonyl (C=O) groups excluding carboxylic acids is 2. The SMILES string of the molecule is C[C@H]1CCCN(C(=O)C2CCN(C(=O)CN3C[C@H](C)Oc4ccc(Cl)cc43)CC2)C1. The van der Waals surface area contributed by atoms with Crippen molar-refractivity contribution in [3.05, 3.63) is 23.2 Å². The fourth-order valence-corrected chi connectivity index (χ4v) is 5.10. The van der Waals surface area contributed by atoms with Crippen molar-refractivity contribution in [2.75, 3.05) is 44.2 Å². The van der Waals surface area contributed by atoms with E-state index in [9.17, 15) is 9.59 Å². The quantitative estimate of drug-likeness (QED) is 0.732. The van der Waals surface area contributed by atoms with Crippen LogP contribution >= 0.6 is 11.6 Å². The molecule has 4 rings (SSSR count). The number of likely N-dealkylation sites (tertiary alicyclic amines) is 2. The smallest absolute Gasteiger partial charge is 0.242 e. The van der Waals surface area contributed by atoms with Gasteiger partial charge < -0.3 is 19.4 Å². The summed E-state index contributed by atoms with van der Waals surface area (Å²) in [6, 6.07) is 5.53. The van der Waals surface area contributed by atoms with Gasteiger partial charge in [-0.2, -0.15) is 0 Å². The number of anilines is 1. The number of nitrogens with zero attached hydrogens (tertiary/aromatic N) is 3. The maximum absolute atomic E-state index is 13.0. The number of piperidine rings is 2. The van der Waals surface area contributed by atoms with E-state index in [1.54, 1.807) is 0 Å². The van der Waals surface area contributed by atoms with Gasteiger partial charge in [0, 0.05) is 37.1 Å². The number of benzene rings is 1. The summed E-state index contributed by atoms with van der Waals surface area (Å²) in [5.74, 6) is 1.82. The van der Waals surface area contributed by atoms with E-state index in [1.165, 1.54) is 6.42 Å². The number of hydrogen-bond acceptors (Lipinski definition) is 4. The van der Waals surface area contributed by atoms with E-state index in [2.05, 4.69) is 11.8 Å². The molecule has 164 valence electrons. The normalized spacial score (nSPS) is 25.0. The molecule has 3 heterocycles. The predicted molar refractivity (Wildman–Crippen MR) is 118 cm³/mol. The Kier molecular flexibility index (Phi) is 6.42. The zero-order valence-electron chi connectivity index (χ0n) is 18.0. The van der Waals surface area contributed by atoms with Gasteiger partial charge in [0.25, 0.3) is 0 Å². The van der Waals surface area contributed by atoms with Crippen molar-refractivity contribution in [1.29, 1.82) is 0 Å². The van der Waals surface area contributed by atoms with Gasteiger partial charge >= 0.3 is 0 Å². The van der Waals surface area contributed by atoms with Crippen molar-refractivity contribution in [2.45, 2.75) is 45.6 Å². The number of carbonyl (C=O) groups is 2. The number of rotatable bonds is 3. The summed E-state index contributed by atoms with van der Waals surface area (Å²) in [6.45, 7) is 8.27. The average molecular weight is 434 g/mol. The highest BCUT2D eigenvalue weighted by Gasteiger charge is 2.33. The number of halogens is 1. The van der Waals surface area contributed by atoms with E-state index in [1.807, 2.05) is 34.9 Å². The Morgan fingerprint density at radius 2 is 1.83 bits per heavy atom. The van der Waals surface area contributed by atoms with Crippen LogP contribution in [0.3, 0.4) is 0 Å². The summed E-state index contributed by atoms with van der Waals surface area (Å²) in [6.07, 6.45) is 3.86. The molecule has 0 aromatic heterocycles. The zero-order valence-corrected chi connectivity index (χ0v) is 18.7. The van der Waals surface area contributed by atoms with E-state index >= 15 is 0 Å². The number of hydrogen-bond donors (Lipinski definition) is 0. The van der Waals surface area contributed by atoms with Crippen LogP contribution in [0.5, 0.6) is 5.75 Å². The monoisotopic (exact) mass is 433 g/mol. The van der Waals surface area contributed by atoms with Gasteiger partial charge in [-0.25, -0.2) is 0 Å². The Labute approximate surface area is 184 Å². The minimum absolute atomic E-state index is 0.0155. The van der Waals surface area contributed by atoms with Crippen LogP contribution in [0.2, 0.25) is 5.02 Å². The molecule has 0 unspecified atom stereocenters. The van der Waals surface area contributed by atoms with Crippen LogP contribution in [-0.2, 0) is 9.59 Å². The third-order valence-corrected chi connectivity index (χ3v) is 6.79. The maximum Gasteiger partial charge on any atom is 0.242 e. The summed E-state index contributed by atoms with van der Waals surface area (Å²) in [5, 5.41) is 0.635. The fraction of sp³-hybridized carbons (Fsp3) is 0.652. The lowest BCUT2D eigenvalue weighted by molar-refractivity contribution is -0.141. The lowest BCUT2D eigenvalue weighted by atomic mass is 9.92. The van der Waals surface area contributed by atoms with Gasteiger partial charge in [-0.05, 0) is 56.7 Å². The first kappa shape index (κ1) is 21.3. The molecule has 0 saturated carbocycles. The van der Waals surface area contributed by atoms with Crippen molar-refractivity contribution in [3.63, 3.8) is 0 Å². The molecule has 1 aromatic rings. The fourth-order valence-electron chi connectivity index (χ4n) is 4.94. The van der Waals surface area contributed by atoms with Crippen molar-refractivity contribution < 1.29 is 14.3 Å². The van der Waals surface area contributed by atoms with Crippen molar-refractivity contribution in [1.82, 2.24) is 9.80 Å². The lowest BCUT2D eigenvalue weighted by Crippen LogP contribution is -2.50. The molecule has 0 N–H and O–H groups in total. The van der Waals surface area contributed by atoms with Gasteiger partial charge in [0.1, 0.15) is 11.9 Å². The van der Waals surface area contributed by atoms with Gasteiger partial charge in [0.15, 0.2) is 0 Å². The molecule has 0 radical (unpaired) electrons. The molecule has 2 fully saturated rings. The second kappa shape index (κ2) is 9.04. The summed E-state index contributed by atoms with van der Waals surface area (Å²) >= 11 is 6.17. The Bertz CT molecular complexity index is 794. The van der Waals surface area contributed by atoms with Crippen molar-refractivity contribution >= 4 is 29.1 Å². The van der Waals surface area contributed by atoms with Crippen molar-refractivity contribution in [2.24, 2.45) is 11.8 Å². The van der Waals surface area contributed by atoms with E-state index in [0.717, 1.165) is 43.8 Å². The molecule has 6 nitrogen and oxygen atoms in total.